The van der Waals surface area contributed by atoms with E-state index in [0.29, 0.717) is 17.1 Å². The van der Waals surface area contributed by atoms with Gasteiger partial charge >= 0.3 is 0 Å². The number of amidine groups is 1. The molecule has 7 heteroatoms. The van der Waals surface area contributed by atoms with E-state index in [1.165, 1.54) is 11.8 Å². The van der Waals surface area contributed by atoms with Gasteiger partial charge in [0, 0.05) is 19.6 Å². The molecule has 1 saturated carbocycles. The Morgan fingerprint density at radius 3 is 2.61 bits per heavy atom. The van der Waals surface area contributed by atoms with E-state index in [-0.39, 0.29) is 17.4 Å². The van der Waals surface area contributed by atoms with Gasteiger partial charge in [0.1, 0.15) is 11.5 Å². The second kappa shape index (κ2) is 8.19. The fourth-order valence-electron chi connectivity index (χ4n) is 5.87. The molecule has 2 aromatic carbocycles. The molecule has 0 bridgehead atoms. The highest BCUT2D eigenvalue weighted by Crippen LogP contribution is 2.62. The van der Waals surface area contributed by atoms with Gasteiger partial charge in [0.25, 0.3) is 5.91 Å². The van der Waals surface area contributed by atoms with Gasteiger partial charge in [-0.3, -0.25) is 9.69 Å². The summed E-state index contributed by atoms with van der Waals surface area (Å²) in [6.07, 6.45) is 6.67. The summed E-state index contributed by atoms with van der Waals surface area (Å²) in [5.74, 6) is 1.29. The van der Waals surface area contributed by atoms with Gasteiger partial charge in [-0.15, -0.1) is 0 Å². The zero-order chi connectivity index (χ0) is 23.2. The van der Waals surface area contributed by atoms with Crippen LogP contribution in [0.25, 0.3) is 0 Å². The first-order chi connectivity index (χ1) is 16.0. The number of nitriles is 1. The van der Waals surface area contributed by atoms with Gasteiger partial charge in [-0.1, -0.05) is 23.9 Å². The van der Waals surface area contributed by atoms with E-state index in [4.69, 9.17) is 14.5 Å². The number of hydrogen-bond acceptors (Lipinski definition) is 6. The maximum Gasteiger partial charge on any atom is 0.261 e. The summed E-state index contributed by atoms with van der Waals surface area (Å²) in [6, 6.07) is 15.3. The number of amides is 1. The lowest BCUT2D eigenvalue weighted by molar-refractivity contribution is -0.137. The molecule has 2 aliphatic carbocycles. The summed E-state index contributed by atoms with van der Waals surface area (Å²) in [5, 5.41) is 9.96. The van der Waals surface area contributed by atoms with Gasteiger partial charge < -0.3 is 9.47 Å². The molecule has 1 amide bonds. The Kier molecular flexibility index (Phi) is 5.46. The van der Waals surface area contributed by atoms with E-state index in [1.54, 1.807) is 30.2 Å². The Hall–Kier alpha value is -2.82. The molecule has 1 aliphatic heterocycles. The van der Waals surface area contributed by atoms with Crippen molar-refractivity contribution in [3.8, 4) is 17.6 Å². The van der Waals surface area contributed by atoms with Crippen molar-refractivity contribution in [1.82, 2.24) is 4.90 Å². The zero-order valence-corrected chi connectivity index (χ0v) is 19.9. The van der Waals surface area contributed by atoms with Crippen LogP contribution < -0.4 is 4.74 Å². The molecule has 2 spiro atoms. The maximum atomic E-state index is 13.9. The van der Waals surface area contributed by atoms with Gasteiger partial charge in [-0.05, 0) is 79.8 Å². The topological polar surface area (TPSA) is 74.9 Å². The van der Waals surface area contributed by atoms with Crippen LogP contribution in [-0.2, 0) is 21.5 Å². The molecule has 0 aromatic heterocycles. The normalized spacial score (nSPS) is 28.2. The third-order valence-electron chi connectivity index (χ3n) is 7.54. The Morgan fingerprint density at radius 1 is 1.18 bits per heavy atom. The van der Waals surface area contributed by atoms with Crippen molar-refractivity contribution in [3.63, 3.8) is 0 Å². The average Bonchev–Trinajstić information content (AvgIpc) is 3.26. The van der Waals surface area contributed by atoms with Crippen molar-refractivity contribution in [1.29, 1.82) is 5.26 Å². The second-order valence-electron chi connectivity index (χ2n) is 9.13. The first kappa shape index (κ1) is 22.0. The number of carbonyl (C=O) groups excluding carboxylic acids is 1. The number of ether oxygens (including phenoxy) is 2. The summed E-state index contributed by atoms with van der Waals surface area (Å²) < 4.78 is 11.8. The van der Waals surface area contributed by atoms with E-state index in [0.717, 1.165) is 48.4 Å². The first-order valence-corrected chi connectivity index (χ1v) is 12.4. The minimum Gasteiger partial charge on any atom is -0.457 e. The number of carbonyl (C=O) groups is 1. The van der Waals surface area contributed by atoms with Gasteiger partial charge in [-0.25, -0.2) is 4.99 Å². The monoisotopic (exact) mass is 461 g/mol. The highest BCUT2D eigenvalue weighted by atomic mass is 32.2. The predicted octanol–water partition coefficient (Wildman–Crippen LogP) is 4.87. The van der Waals surface area contributed by atoms with Crippen molar-refractivity contribution < 1.29 is 14.3 Å². The molecule has 0 N–H and O–H groups in total. The van der Waals surface area contributed by atoms with E-state index < -0.39 is 5.54 Å². The lowest BCUT2D eigenvalue weighted by Crippen LogP contribution is -2.51. The van der Waals surface area contributed by atoms with Gasteiger partial charge in [-0.2, -0.15) is 5.26 Å². The van der Waals surface area contributed by atoms with Crippen LogP contribution in [0, 0.1) is 16.7 Å². The second-order valence-corrected chi connectivity index (χ2v) is 9.90. The van der Waals surface area contributed by atoms with E-state index in [2.05, 4.69) is 12.1 Å². The maximum absolute atomic E-state index is 13.9. The fourth-order valence-corrected chi connectivity index (χ4v) is 6.46. The molecular weight excluding hydrogens is 434 g/mol. The van der Waals surface area contributed by atoms with E-state index >= 15 is 0 Å². The standard InChI is InChI=1S/C26H27N3O3S/c1-29-23(30)26(28-24(29)33-3)22-14-21(32-20-6-4-5-17(13-20)16-27)8-7-18(22)15-25(26)11-9-19(31-2)10-12-25/h4-8,13-14,19H,9-12,15H2,1-3H3. The smallest absolute Gasteiger partial charge is 0.261 e. The summed E-state index contributed by atoms with van der Waals surface area (Å²) >= 11 is 1.51. The Bertz CT molecular complexity index is 1180. The molecule has 6 nitrogen and oxygen atoms in total. The summed E-state index contributed by atoms with van der Waals surface area (Å²) in [7, 11) is 3.60. The molecule has 3 aliphatic rings. The molecular formula is C26H27N3O3S. The van der Waals surface area contributed by atoms with Crippen LogP contribution in [0.4, 0.5) is 0 Å². The third-order valence-corrected chi connectivity index (χ3v) is 8.27. The summed E-state index contributed by atoms with van der Waals surface area (Å²) in [4.78, 5) is 20.8. The molecule has 33 heavy (non-hydrogen) atoms. The molecule has 5 rings (SSSR count). The van der Waals surface area contributed by atoms with Crippen LogP contribution in [-0.4, -0.2) is 42.5 Å². The number of likely N-dealkylation sites (N-methyl/N-ethyl adjacent to an activating group) is 1. The summed E-state index contributed by atoms with van der Waals surface area (Å²) in [6.45, 7) is 0. The number of benzene rings is 2. The molecule has 0 radical (unpaired) electrons. The number of rotatable bonds is 3. The average molecular weight is 462 g/mol. The van der Waals surface area contributed by atoms with Crippen LogP contribution in [0.2, 0.25) is 0 Å². The lowest BCUT2D eigenvalue weighted by Gasteiger charge is -2.45. The van der Waals surface area contributed by atoms with Gasteiger partial charge in [0.2, 0.25) is 0 Å². The molecule has 0 saturated heterocycles. The number of hydrogen-bond donors (Lipinski definition) is 0. The molecule has 1 heterocycles. The number of nitrogens with zero attached hydrogens (tertiary/aromatic N) is 3. The zero-order valence-electron chi connectivity index (χ0n) is 19.1. The highest BCUT2D eigenvalue weighted by Gasteiger charge is 2.66. The molecule has 170 valence electrons. The van der Waals surface area contributed by atoms with Crippen LogP contribution >= 0.6 is 11.8 Å². The van der Waals surface area contributed by atoms with E-state index in [1.807, 2.05) is 31.5 Å². The largest absolute Gasteiger partial charge is 0.457 e. The fraction of sp³-hybridized carbons (Fsp3) is 0.423. The van der Waals surface area contributed by atoms with Crippen LogP contribution in [0.1, 0.15) is 42.4 Å². The minimum absolute atomic E-state index is 0.0464. The molecule has 1 atom stereocenters. The quantitative estimate of drug-likeness (QED) is 0.652. The number of thioether (sulfide) groups is 1. The summed E-state index contributed by atoms with van der Waals surface area (Å²) in [5.41, 5.74) is 1.47. The predicted molar refractivity (Wildman–Crippen MR) is 128 cm³/mol. The van der Waals surface area contributed by atoms with Crippen LogP contribution in [0.5, 0.6) is 11.5 Å². The SMILES string of the molecule is COC1CCC2(CC1)Cc1ccc(Oc3cccc(C#N)c3)cc1C21N=C(SC)N(C)C1=O. The van der Waals surface area contributed by atoms with Crippen molar-refractivity contribution in [2.24, 2.45) is 10.4 Å². The Balaban J connectivity index is 1.60. The van der Waals surface area contributed by atoms with Crippen LogP contribution in [0.3, 0.4) is 0 Å². The van der Waals surface area contributed by atoms with Crippen LogP contribution in [0.15, 0.2) is 47.5 Å². The number of methoxy groups -OCH3 is 1. The van der Waals surface area contributed by atoms with E-state index in [9.17, 15) is 10.1 Å². The number of fused-ring (bicyclic) bond motifs is 3. The van der Waals surface area contributed by atoms with Gasteiger partial charge in [0.05, 0.1) is 17.7 Å². The highest BCUT2D eigenvalue weighted by molar-refractivity contribution is 8.13. The van der Waals surface area contributed by atoms with Crippen molar-refractivity contribution >= 4 is 22.8 Å². The first-order valence-electron chi connectivity index (χ1n) is 11.2. The molecule has 2 aromatic rings. The van der Waals surface area contributed by atoms with Gasteiger partial charge in [0.15, 0.2) is 10.7 Å². The number of aliphatic imine (C=N–C) groups is 1. The molecule has 1 fully saturated rings. The lowest BCUT2D eigenvalue weighted by atomic mass is 9.61. The Morgan fingerprint density at radius 2 is 1.94 bits per heavy atom. The molecule has 1 unspecified atom stereocenters. The Labute approximate surface area is 198 Å². The third kappa shape index (κ3) is 3.27. The van der Waals surface area contributed by atoms with Crippen molar-refractivity contribution in [2.45, 2.75) is 43.7 Å². The minimum atomic E-state index is -0.929. The van der Waals surface area contributed by atoms with Crippen molar-refractivity contribution in [2.75, 3.05) is 20.4 Å². The van der Waals surface area contributed by atoms with Crippen molar-refractivity contribution in [3.05, 3.63) is 59.2 Å².